The Morgan fingerprint density at radius 3 is 2.56 bits per heavy atom. The third-order valence-corrected chi connectivity index (χ3v) is 4.96. The summed E-state index contributed by atoms with van der Waals surface area (Å²) in [4.78, 5) is 2.34. The molecule has 4 nitrogen and oxygen atoms in total. The lowest BCUT2D eigenvalue weighted by Crippen LogP contribution is -2.38. The van der Waals surface area contributed by atoms with Crippen LogP contribution in [0.4, 0.5) is 0 Å². The smallest absolute Gasteiger partial charge is 0.151 e. The summed E-state index contributed by atoms with van der Waals surface area (Å²) in [6.45, 7) is 5.50. The first-order valence-corrected chi connectivity index (χ1v) is 7.91. The predicted octanol–water partition coefficient (Wildman–Crippen LogP) is 0.493. The molecule has 0 spiro atoms. The van der Waals surface area contributed by atoms with Crippen molar-refractivity contribution in [3.05, 3.63) is 0 Å². The van der Waals surface area contributed by atoms with Gasteiger partial charge in [0, 0.05) is 30.9 Å². The van der Waals surface area contributed by atoms with Gasteiger partial charge in [-0.15, -0.1) is 0 Å². The van der Waals surface area contributed by atoms with E-state index in [1.54, 1.807) is 6.92 Å². The second-order valence-electron chi connectivity index (χ2n) is 4.77. The van der Waals surface area contributed by atoms with Gasteiger partial charge in [0.15, 0.2) is 9.84 Å². The van der Waals surface area contributed by atoms with Crippen LogP contribution >= 0.6 is 0 Å². The summed E-state index contributed by atoms with van der Waals surface area (Å²) < 4.78 is 22.7. The first-order chi connectivity index (χ1) is 7.44. The molecule has 0 saturated heterocycles. The van der Waals surface area contributed by atoms with Gasteiger partial charge in [0.2, 0.25) is 0 Å². The Morgan fingerprint density at radius 2 is 2.06 bits per heavy atom. The Labute approximate surface area is 99.3 Å². The summed E-state index contributed by atoms with van der Waals surface area (Å²) in [6, 6.07) is 0.828. The third kappa shape index (κ3) is 5.27. The standard InChI is InChI=1S/C11H24N2O2S/c1-4-16(14,15)9-10(2)12-7-8-13(3)11-5-6-11/h10-12H,4-9H2,1-3H3. The van der Waals surface area contributed by atoms with E-state index in [2.05, 4.69) is 17.3 Å². The topological polar surface area (TPSA) is 49.4 Å². The van der Waals surface area contributed by atoms with Crippen LogP contribution in [0.1, 0.15) is 26.7 Å². The van der Waals surface area contributed by atoms with E-state index in [4.69, 9.17) is 0 Å². The van der Waals surface area contributed by atoms with Crippen molar-refractivity contribution in [1.82, 2.24) is 10.2 Å². The Bertz CT molecular complexity index is 299. The van der Waals surface area contributed by atoms with E-state index in [0.29, 0.717) is 0 Å². The largest absolute Gasteiger partial charge is 0.312 e. The fourth-order valence-corrected chi connectivity index (χ4v) is 2.86. The minimum atomic E-state index is -2.85. The monoisotopic (exact) mass is 248 g/mol. The van der Waals surface area contributed by atoms with Gasteiger partial charge in [0.05, 0.1) is 5.75 Å². The fourth-order valence-electron chi connectivity index (χ4n) is 1.74. The van der Waals surface area contributed by atoms with Crippen molar-refractivity contribution >= 4 is 9.84 Å². The molecule has 0 aliphatic heterocycles. The molecule has 0 aromatic carbocycles. The number of sulfone groups is 1. The van der Waals surface area contributed by atoms with Gasteiger partial charge in [-0.1, -0.05) is 6.92 Å². The number of hydrogen-bond acceptors (Lipinski definition) is 4. The summed E-state index contributed by atoms with van der Waals surface area (Å²) in [6.07, 6.45) is 2.63. The first-order valence-electron chi connectivity index (χ1n) is 6.08. The molecule has 1 aliphatic rings. The summed E-state index contributed by atoms with van der Waals surface area (Å²) in [7, 11) is -0.718. The average Bonchev–Trinajstić information content (AvgIpc) is 3.00. The van der Waals surface area contributed by atoms with Crippen LogP contribution in [0.2, 0.25) is 0 Å². The van der Waals surface area contributed by atoms with Gasteiger partial charge in [-0.05, 0) is 26.8 Å². The van der Waals surface area contributed by atoms with Crippen molar-refractivity contribution in [2.24, 2.45) is 0 Å². The van der Waals surface area contributed by atoms with E-state index >= 15 is 0 Å². The van der Waals surface area contributed by atoms with Gasteiger partial charge < -0.3 is 10.2 Å². The predicted molar refractivity (Wildman–Crippen MR) is 67.4 cm³/mol. The molecule has 0 heterocycles. The molecular weight excluding hydrogens is 224 g/mol. The van der Waals surface area contributed by atoms with E-state index in [-0.39, 0.29) is 17.5 Å². The lowest BCUT2D eigenvalue weighted by molar-refractivity contribution is 0.318. The first kappa shape index (κ1) is 13.9. The highest BCUT2D eigenvalue weighted by atomic mass is 32.2. The molecular formula is C11H24N2O2S. The molecule has 1 aliphatic carbocycles. The van der Waals surface area contributed by atoms with Crippen LogP contribution in [-0.4, -0.2) is 57.0 Å². The van der Waals surface area contributed by atoms with Gasteiger partial charge in [-0.25, -0.2) is 8.42 Å². The highest BCUT2D eigenvalue weighted by Crippen LogP contribution is 2.24. The van der Waals surface area contributed by atoms with Crippen LogP contribution in [-0.2, 0) is 9.84 Å². The Hall–Kier alpha value is -0.130. The number of rotatable bonds is 8. The van der Waals surface area contributed by atoms with Crippen molar-refractivity contribution in [2.75, 3.05) is 31.6 Å². The van der Waals surface area contributed by atoms with Gasteiger partial charge in [-0.3, -0.25) is 0 Å². The molecule has 0 bridgehead atoms. The minimum Gasteiger partial charge on any atom is -0.312 e. The lowest BCUT2D eigenvalue weighted by Gasteiger charge is -2.18. The van der Waals surface area contributed by atoms with Crippen molar-refractivity contribution in [3.8, 4) is 0 Å². The molecule has 16 heavy (non-hydrogen) atoms. The molecule has 1 atom stereocenters. The summed E-state index contributed by atoms with van der Waals surface area (Å²) in [5, 5.41) is 3.27. The Morgan fingerprint density at radius 1 is 1.44 bits per heavy atom. The molecule has 1 rings (SSSR count). The zero-order valence-electron chi connectivity index (χ0n) is 10.6. The van der Waals surface area contributed by atoms with E-state index in [9.17, 15) is 8.42 Å². The van der Waals surface area contributed by atoms with Crippen LogP contribution in [0.25, 0.3) is 0 Å². The van der Waals surface area contributed by atoms with E-state index in [0.717, 1.165) is 19.1 Å². The molecule has 0 aromatic heterocycles. The number of nitrogens with zero attached hydrogens (tertiary/aromatic N) is 1. The number of hydrogen-bond donors (Lipinski definition) is 1. The van der Waals surface area contributed by atoms with Crippen molar-refractivity contribution in [3.63, 3.8) is 0 Å². The number of nitrogens with one attached hydrogen (secondary N) is 1. The molecule has 1 unspecified atom stereocenters. The van der Waals surface area contributed by atoms with E-state index in [1.165, 1.54) is 12.8 Å². The maximum absolute atomic E-state index is 11.4. The van der Waals surface area contributed by atoms with Crippen molar-refractivity contribution in [1.29, 1.82) is 0 Å². The van der Waals surface area contributed by atoms with Crippen LogP contribution in [0.3, 0.4) is 0 Å². The van der Waals surface area contributed by atoms with Crippen LogP contribution in [0.15, 0.2) is 0 Å². The quantitative estimate of drug-likeness (QED) is 0.679. The fraction of sp³-hybridized carbons (Fsp3) is 1.00. The highest BCUT2D eigenvalue weighted by molar-refractivity contribution is 7.91. The second kappa shape index (κ2) is 5.98. The number of likely N-dealkylation sites (N-methyl/N-ethyl adjacent to an activating group) is 1. The van der Waals surface area contributed by atoms with E-state index in [1.807, 2.05) is 6.92 Å². The zero-order valence-corrected chi connectivity index (χ0v) is 11.4. The normalized spacial score (nSPS) is 19.0. The molecule has 0 amide bonds. The van der Waals surface area contributed by atoms with Crippen molar-refractivity contribution in [2.45, 2.75) is 38.8 Å². The summed E-state index contributed by atoms with van der Waals surface area (Å²) in [5.41, 5.74) is 0. The van der Waals surface area contributed by atoms with Gasteiger partial charge in [-0.2, -0.15) is 0 Å². The highest BCUT2D eigenvalue weighted by Gasteiger charge is 2.25. The summed E-state index contributed by atoms with van der Waals surface area (Å²) in [5.74, 6) is 0.484. The Balaban J connectivity index is 2.12. The van der Waals surface area contributed by atoms with Crippen molar-refractivity contribution < 1.29 is 8.42 Å². The van der Waals surface area contributed by atoms with Crippen LogP contribution < -0.4 is 5.32 Å². The molecule has 0 aromatic rings. The summed E-state index contributed by atoms with van der Waals surface area (Å²) >= 11 is 0. The second-order valence-corrected chi connectivity index (χ2v) is 7.16. The maximum Gasteiger partial charge on any atom is 0.151 e. The molecule has 1 saturated carbocycles. The lowest BCUT2D eigenvalue weighted by atomic mass is 10.4. The van der Waals surface area contributed by atoms with Crippen LogP contribution in [0, 0.1) is 0 Å². The Kier molecular flexibility index (Phi) is 5.21. The van der Waals surface area contributed by atoms with Gasteiger partial charge >= 0.3 is 0 Å². The molecule has 1 fully saturated rings. The average molecular weight is 248 g/mol. The molecule has 5 heteroatoms. The maximum atomic E-state index is 11.4. The van der Waals surface area contributed by atoms with Gasteiger partial charge in [0.1, 0.15) is 0 Å². The van der Waals surface area contributed by atoms with Gasteiger partial charge in [0.25, 0.3) is 0 Å². The minimum absolute atomic E-state index is 0.0533. The molecule has 0 radical (unpaired) electrons. The van der Waals surface area contributed by atoms with Crippen LogP contribution in [0.5, 0.6) is 0 Å². The van der Waals surface area contributed by atoms with E-state index < -0.39 is 9.84 Å². The molecule has 1 N–H and O–H groups in total. The SMILES string of the molecule is CCS(=O)(=O)CC(C)NCCN(C)C1CC1. The molecule has 96 valence electrons. The third-order valence-electron chi connectivity index (χ3n) is 3.07. The zero-order chi connectivity index (χ0) is 12.2.